The van der Waals surface area contributed by atoms with Gasteiger partial charge in [0.05, 0.1) is 11.9 Å². The lowest BCUT2D eigenvalue weighted by Crippen LogP contribution is -2.15. The zero-order valence-corrected chi connectivity index (χ0v) is 18.9. The quantitative estimate of drug-likeness (QED) is 0.438. The number of halogens is 3. The van der Waals surface area contributed by atoms with Crippen LogP contribution < -0.4 is 10.6 Å². The number of nitrogens with one attached hydrogen (secondary N) is 2. The van der Waals surface area contributed by atoms with Gasteiger partial charge in [0.2, 0.25) is 12.2 Å². The Hall–Kier alpha value is -3.73. The number of pyridine rings is 1. The van der Waals surface area contributed by atoms with Crippen LogP contribution >= 0.6 is 0 Å². The van der Waals surface area contributed by atoms with Crippen LogP contribution in [0, 0.1) is 11.2 Å². The molecule has 11 heteroatoms. The van der Waals surface area contributed by atoms with E-state index in [1.165, 1.54) is 73.4 Å². The molecule has 1 spiro atoms. The Morgan fingerprint density at radius 2 is 2.03 bits per heavy atom. The third kappa shape index (κ3) is 4.90. The molecule has 1 saturated heterocycles. The highest BCUT2D eigenvalue weighted by atomic mass is 19.3. The van der Waals surface area contributed by atoms with Crippen molar-refractivity contribution in [3.8, 4) is 11.4 Å². The van der Waals surface area contributed by atoms with E-state index < -0.39 is 17.6 Å². The van der Waals surface area contributed by atoms with Gasteiger partial charge in [0.25, 0.3) is 11.8 Å². The molecule has 0 atom stereocenters. The normalized spacial score (nSPS) is 16.2. The number of carbonyl (C=O) groups is 1. The van der Waals surface area contributed by atoms with Crippen LogP contribution in [0.25, 0.3) is 17.0 Å². The summed E-state index contributed by atoms with van der Waals surface area (Å²) in [6, 6.07) is 6.34. The molecule has 6 rings (SSSR count). The molecule has 1 aromatic carbocycles. The zero-order chi connectivity index (χ0) is 24.6. The van der Waals surface area contributed by atoms with Crippen molar-refractivity contribution in [3.05, 3.63) is 66.2 Å². The second kappa shape index (κ2) is 8.81. The molecule has 35 heavy (non-hydrogen) atoms. The Morgan fingerprint density at radius 3 is 2.66 bits per heavy atom. The van der Waals surface area contributed by atoms with Gasteiger partial charge in [-0.25, -0.2) is 18.2 Å². The lowest BCUT2D eigenvalue weighted by Gasteiger charge is -2.11. The average Bonchev–Trinajstić information content (AvgIpc) is 3.24. The molecule has 0 bridgehead atoms. The van der Waals surface area contributed by atoms with Crippen molar-refractivity contribution >= 4 is 17.2 Å². The van der Waals surface area contributed by atoms with Crippen LogP contribution in [0.2, 0.25) is 0 Å². The van der Waals surface area contributed by atoms with Gasteiger partial charge in [0.15, 0.2) is 0 Å². The first-order chi connectivity index (χ1) is 16.7. The lowest BCUT2D eigenvalue weighted by atomic mass is 10.1. The maximum Gasteiger partial charge on any atom is 0.274 e. The predicted octanol–water partition coefficient (Wildman–Crippen LogP) is 4.65. The molecule has 1 aliphatic heterocycles. The Bertz CT molecular complexity index is 1350. The minimum Gasteiger partial charge on any atom is -0.342 e. The molecule has 0 unspecified atom stereocenters. The summed E-state index contributed by atoms with van der Waals surface area (Å²) in [5.41, 5.74) is 1.18. The monoisotopic (exact) mass is 484 g/mol. The van der Waals surface area contributed by atoms with Crippen LogP contribution in [-0.2, 0) is 5.92 Å². The molecule has 2 aliphatic rings. The minimum absolute atomic E-state index is 0.0605. The van der Waals surface area contributed by atoms with Gasteiger partial charge in [-0.05, 0) is 61.6 Å². The van der Waals surface area contributed by atoms with Gasteiger partial charge in [-0.15, -0.1) is 0 Å². The van der Waals surface area contributed by atoms with Crippen LogP contribution in [0.3, 0.4) is 0 Å². The number of fused-ring (bicyclic) bond motifs is 1. The molecule has 4 heterocycles. The third-order valence-electron chi connectivity index (χ3n) is 6.38. The van der Waals surface area contributed by atoms with Crippen LogP contribution in [-0.4, -0.2) is 38.5 Å². The number of benzene rings is 1. The van der Waals surface area contributed by atoms with E-state index in [2.05, 4.69) is 30.3 Å². The number of amides is 1. The maximum absolute atomic E-state index is 14.1. The van der Waals surface area contributed by atoms with Crippen LogP contribution in [0.5, 0.6) is 0 Å². The Morgan fingerprint density at radius 1 is 1.20 bits per heavy atom. The molecule has 1 amide bonds. The van der Waals surface area contributed by atoms with Crippen LogP contribution in [0.15, 0.2) is 53.6 Å². The zero-order valence-electron chi connectivity index (χ0n) is 18.9. The van der Waals surface area contributed by atoms with Crippen molar-refractivity contribution in [2.24, 2.45) is 5.41 Å². The predicted molar refractivity (Wildman–Crippen MR) is 122 cm³/mol. The summed E-state index contributed by atoms with van der Waals surface area (Å²) in [4.78, 5) is 20.4. The van der Waals surface area contributed by atoms with Crippen molar-refractivity contribution < 1.29 is 22.5 Å². The van der Waals surface area contributed by atoms with Crippen molar-refractivity contribution in [1.82, 2.24) is 24.8 Å². The number of carbonyl (C=O) groups excluding carboxylic acids is 1. The van der Waals surface area contributed by atoms with Gasteiger partial charge in [0, 0.05) is 30.8 Å². The van der Waals surface area contributed by atoms with Crippen molar-refractivity contribution in [3.63, 3.8) is 0 Å². The van der Waals surface area contributed by atoms with Gasteiger partial charge in [-0.3, -0.25) is 9.20 Å². The standard InChI is InChI=1S/C18H12F3N5O2.C6H11N/c1-18(20,21)11-4-5-26-14(8-22-15(26)7-11)17(27)24-13-6-10(2-3-12(13)19)16-23-9-28-25-16;1-2-6(1)3-4-7-5-6/h2-9H,1H3,(H,24,27);7H,1-5H2. The lowest BCUT2D eigenvalue weighted by molar-refractivity contribution is 0.0175. The van der Waals surface area contributed by atoms with E-state index in [-0.39, 0.29) is 28.4 Å². The third-order valence-corrected chi connectivity index (χ3v) is 6.38. The first kappa shape index (κ1) is 23.0. The van der Waals surface area contributed by atoms with E-state index in [4.69, 9.17) is 0 Å². The van der Waals surface area contributed by atoms with E-state index >= 15 is 0 Å². The summed E-state index contributed by atoms with van der Waals surface area (Å²) in [5.74, 6) is -4.12. The molecule has 0 radical (unpaired) electrons. The molecular formula is C24H23F3N6O2. The van der Waals surface area contributed by atoms with Crippen molar-refractivity contribution in [2.75, 3.05) is 18.4 Å². The summed E-state index contributed by atoms with van der Waals surface area (Å²) in [7, 11) is 0. The molecule has 3 aromatic heterocycles. The summed E-state index contributed by atoms with van der Waals surface area (Å²) in [6.07, 6.45) is 8.12. The van der Waals surface area contributed by atoms with Crippen molar-refractivity contribution in [1.29, 1.82) is 0 Å². The minimum atomic E-state index is -3.03. The van der Waals surface area contributed by atoms with Gasteiger partial charge in [0.1, 0.15) is 17.2 Å². The smallest absolute Gasteiger partial charge is 0.274 e. The summed E-state index contributed by atoms with van der Waals surface area (Å²) < 4.78 is 47.0. The topological polar surface area (TPSA) is 97.3 Å². The van der Waals surface area contributed by atoms with Gasteiger partial charge in [-0.1, -0.05) is 5.16 Å². The molecular weight excluding hydrogens is 461 g/mol. The van der Waals surface area contributed by atoms with Crippen LogP contribution in [0.4, 0.5) is 18.9 Å². The number of hydrogen-bond acceptors (Lipinski definition) is 6. The fourth-order valence-corrected chi connectivity index (χ4v) is 4.07. The first-order valence-corrected chi connectivity index (χ1v) is 11.2. The summed E-state index contributed by atoms with van der Waals surface area (Å²) >= 11 is 0. The molecule has 4 aromatic rings. The van der Waals surface area contributed by atoms with Crippen LogP contribution in [0.1, 0.15) is 42.2 Å². The molecule has 1 aliphatic carbocycles. The van der Waals surface area contributed by atoms with E-state index in [9.17, 15) is 18.0 Å². The Kier molecular flexibility index (Phi) is 5.79. The van der Waals surface area contributed by atoms with E-state index in [1.807, 2.05) is 0 Å². The number of hydrogen-bond donors (Lipinski definition) is 2. The maximum atomic E-state index is 14.1. The van der Waals surface area contributed by atoms with E-state index in [0.29, 0.717) is 5.56 Å². The molecule has 1 saturated carbocycles. The number of alkyl halides is 2. The Labute approximate surface area is 198 Å². The van der Waals surface area contributed by atoms with E-state index in [0.717, 1.165) is 24.8 Å². The highest BCUT2D eigenvalue weighted by Gasteiger charge is 2.44. The first-order valence-electron chi connectivity index (χ1n) is 11.2. The highest BCUT2D eigenvalue weighted by molar-refractivity contribution is 6.03. The molecule has 8 nitrogen and oxygen atoms in total. The largest absolute Gasteiger partial charge is 0.342 e. The number of aromatic nitrogens is 4. The summed E-state index contributed by atoms with van der Waals surface area (Å²) in [6.45, 7) is 3.36. The number of imidazole rings is 1. The Balaban J connectivity index is 0.000000306. The molecule has 182 valence electrons. The summed E-state index contributed by atoms with van der Waals surface area (Å²) in [5, 5.41) is 9.48. The fourth-order valence-electron chi connectivity index (χ4n) is 4.07. The van der Waals surface area contributed by atoms with Gasteiger partial charge >= 0.3 is 0 Å². The number of nitrogens with zero attached hydrogens (tertiary/aromatic N) is 4. The fraction of sp³-hybridized carbons (Fsp3) is 0.333. The second-order valence-electron chi connectivity index (χ2n) is 9.01. The average molecular weight is 484 g/mol. The van der Waals surface area contributed by atoms with Gasteiger partial charge in [-0.2, -0.15) is 4.98 Å². The SMILES string of the molecule is C1CC2(CC2)CN1.CC(F)(F)c1ccn2c(C(=O)Nc3cc(-c4ncon4)ccc3F)cnc2c1. The molecule has 2 N–H and O–H groups in total. The van der Waals surface area contributed by atoms with E-state index in [1.54, 1.807) is 0 Å². The molecule has 2 fully saturated rings. The number of anilines is 1. The van der Waals surface area contributed by atoms with Gasteiger partial charge < -0.3 is 15.2 Å². The van der Waals surface area contributed by atoms with Crippen molar-refractivity contribution in [2.45, 2.75) is 32.1 Å². The second-order valence-corrected chi connectivity index (χ2v) is 9.01. The number of rotatable bonds is 4. The highest BCUT2D eigenvalue weighted by Crippen LogP contribution is 2.49.